The lowest BCUT2D eigenvalue weighted by atomic mass is 9.77. The minimum atomic E-state index is -1.80. The number of methoxy groups -OCH3 is 1. The Kier molecular flexibility index (Phi) is 15.6. The first kappa shape index (κ1) is 45.4. The van der Waals surface area contributed by atoms with Crippen LogP contribution < -0.4 is 0 Å². The molecule has 0 amide bonds. The molecule has 18 atom stereocenters. The van der Waals surface area contributed by atoms with Crippen LogP contribution in [0.4, 0.5) is 0 Å². The van der Waals surface area contributed by atoms with Crippen LogP contribution in [0.5, 0.6) is 0 Å². The van der Waals surface area contributed by atoms with Crippen LogP contribution in [0.25, 0.3) is 0 Å². The van der Waals surface area contributed by atoms with Crippen LogP contribution in [0.3, 0.4) is 0 Å². The molecule has 52 heavy (non-hydrogen) atoms. The average Bonchev–Trinajstić information content (AvgIpc) is 3.05. The number of hydrogen-bond acceptors (Lipinski definition) is 14. The number of nitrogens with zero attached hydrogens (tertiary/aromatic N) is 2. The molecule has 3 fully saturated rings. The predicted octanol–water partition coefficient (Wildman–Crippen LogP) is 1.90. The molecule has 0 bridgehead atoms. The van der Waals surface area contributed by atoms with Gasteiger partial charge in [-0.15, -0.1) is 0 Å². The number of cyclic esters (lactones) is 1. The molecule has 0 spiro atoms. The number of hydrogen-bond donors (Lipinski definition) is 5. The Morgan fingerprint density at radius 3 is 2.12 bits per heavy atom. The van der Waals surface area contributed by atoms with Crippen LogP contribution in [0.1, 0.15) is 94.9 Å². The van der Waals surface area contributed by atoms with Gasteiger partial charge in [-0.2, -0.15) is 0 Å². The number of aliphatic hydroxyl groups is 5. The van der Waals surface area contributed by atoms with Crippen molar-refractivity contribution in [2.24, 2.45) is 17.8 Å². The lowest BCUT2D eigenvalue weighted by Gasteiger charge is -2.48. The summed E-state index contributed by atoms with van der Waals surface area (Å²) in [5.74, 6) is -2.58. The molecule has 14 nitrogen and oxygen atoms in total. The van der Waals surface area contributed by atoms with E-state index in [-0.39, 0.29) is 37.3 Å². The predicted molar refractivity (Wildman–Crippen MR) is 194 cm³/mol. The smallest absolute Gasteiger partial charge is 0.311 e. The number of carbonyl (C=O) groups excluding carboxylic acids is 1. The van der Waals surface area contributed by atoms with Gasteiger partial charge >= 0.3 is 5.97 Å². The molecule has 0 aromatic heterocycles. The van der Waals surface area contributed by atoms with Crippen LogP contribution in [0, 0.1) is 17.8 Å². The summed E-state index contributed by atoms with van der Waals surface area (Å²) in [4.78, 5) is 18.0. The highest BCUT2D eigenvalue weighted by Gasteiger charge is 2.52. The summed E-state index contributed by atoms with van der Waals surface area (Å²) in [5.41, 5.74) is -4.37. The summed E-state index contributed by atoms with van der Waals surface area (Å²) >= 11 is 0. The first-order valence-corrected chi connectivity index (χ1v) is 19.1. The number of aliphatic hydroxyl groups excluding tert-OH is 3. The Morgan fingerprint density at radius 2 is 1.56 bits per heavy atom. The first-order valence-electron chi connectivity index (χ1n) is 19.1. The molecule has 3 heterocycles. The highest BCUT2D eigenvalue weighted by atomic mass is 16.7. The molecule has 3 rings (SSSR count). The van der Waals surface area contributed by atoms with E-state index in [2.05, 4.69) is 0 Å². The van der Waals surface area contributed by atoms with E-state index in [0.717, 1.165) is 0 Å². The van der Waals surface area contributed by atoms with Gasteiger partial charge < -0.3 is 63.8 Å². The van der Waals surface area contributed by atoms with E-state index in [4.69, 9.17) is 28.4 Å². The van der Waals surface area contributed by atoms with Crippen molar-refractivity contribution >= 4 is 5.97 Å². The van der Waals surface area contributed by atoms with E-state index in [9.17, 15) is 30.3 Å². The topological polar surface area (TPSA) is 180 Å². The van der Waals surface area contributed by atoms with Crippen molar-refractivity contribution in [3.8, 4) is 0 Å². The van der Waals surface area contributed by atoms with E-state index in [1.54, 1.807) is 41.5 Å². The summed E-state index contributed by atoms with van der Waals surface area (Å²) in [6, 6.07) is -0.808. The zero-order valence-electron chi connectivity index (χ0n) is 34.2. The van der Waals surface area contributed by atoms with E-state index < -0.39 is 96.0 Å². The summed E-state index contributed by atoms with van der Waals surface area (Å²) < 4.78 is 37.5. The third kappa shape index (κ3) is 10.0. The molecule has 0 radical (unpaired) electrons. The lowest BCUT2D eigenvalue weighted by Crippen LogP contribution is -2.60. The van der Waals surface area contributed by atoms with Crippen LogP contribution in [0.2, 0.25) is 0 Å². The highest BCUT2D eigenvalue weighted by molar-refractivity contribution is 5.73. The molecule has 0 aromatic rings. The maximum atomic E-state index is 14.2. The fraction of sp³-hybridized carbons (Fsp3) is 0.974. The monoisotopic (exact) mass is 749 g/mol. The summed E-state index contributed by atoms with van der Waals surface area (Å²) in [7, 11) is 7.12. The van der Waals surface area contributed by atoms with Gasteiger partial charge in [-0.05, 0) is 94.8 Å². The van der Waals surface area contributed by atoms with Gasteiger partial charge in [0.05, 0.1) is 41.5 Å². The highest BCUT2D eigenvalue weighted by Crippen LogP contribution is 2.40. The number of esters is 1. The molecular formula is C38H72N2O12. The lowest BCUT2D eigenvalue weighted by molar-refractivity contribution is -0.318. The average molecular weight is 749 g/mol. The molecule has 14 heteroatoms. The van der Waals surface area contributed by atoms with Gasteiger partial charge in [-0.25, -0.2) is 0 Å². The standard InChI is InChI=1S/C38H72N2O12/c1-15-27-38(10,46)31(42)24(6)40(13)19-20(2)17-36(8,45)33(52-35-29(41)26(39(11)12)16-21(3)48-35)22(4)30(23(5)34(44)50-27)51-28-18-37(9,47-14)32(43)25(7)49-28/h20-33,35,41-43,45-46H,15-19H2,1-14H3/t20-,21-,22+,23-,24-,25?,26+,27-,28?,29?,30?,31-,32?,33-,35?,36-,37+,38-/m1/s1. The van der Waals surface area contributed by atoms with Crippen molar-refractivity contribution in [1.82, 2.24) is 9.80 Å². The number of rotatable bonds is 7. The van der Waals surface area contributed by atoms with Crippen molar-refractivity contribution in [1.29, 1.82) is 0 Å². The normalized spacial score (nSPS) is 49.6. The molecule has 3 saturated heterocycles. The molecule has 0 saturated carbocycles. The van der Waals surface area contributed by atoms with Crippen molar-refractivity contribution in [2.45, 2.75) is 185 Å². The van der Waals surface area contributed by atoms with Gasteiger partial charge in [0, 0.05) is 38.1 Å². The number of likely N-dealkylation sites (N-methyl/N-ethyl adjacent to an activating group) is 2. The Bertz CT molecular complexity index is 1140. The Hall–Kier alpha value is -1.01. The van der Waals surface area contributed by atoms with Gasteiger partial charge in [0.15, 0.2) is 12.6 Å². The van der Waals surface area contributed by atoms with Gasteiger partial charge in [0.2, 0.25) is 0 Å². The molecule has 0 aromatic carbocycles. The van der Waals surface area contributed by atoms with Gasteiger partial charge in [-0.3, -0.25) is 4.79 Å². The van der Waals surface area contributed by atoms with Crippen LogP contribution >= 0.6 is 0 Å². The second-order valence-electron chi connectivity index (χ2n) is 17.2. The van der Waals surface area contributed by atoms with Crippen molar-refractivity contribution in [3.63, 3.8) is 0 Å². The van der Waals surface area contributed by atoms with E-state index in [1.165, 1.54) is 14.0 Å². The zero-order valence-corrected chi connectivity index (χ0v) is 34.2. The molecule has 306 valence electrons. The Balaban J connectivity index is 2.17. The summed E-state index contributed by atoms with van der Waals surface area (Å²) in [6.07, 6.45) is -8.19. The summed E-state index contributed by atoms with van der Waals surface area (Å²) in [6.45, 7) is 18.0. The second-order valence-corrected chi connectivity index (χ2v) is 17.2. The number of carbonyl (C=O) groups is 1. The van der Waals surface area contributed by atoms with Crippen LogP contribution in [-0.4, -0.2) is 166 Å². The Morgan fingerprint density at radius 1 is 0.942 bits per heavy atom. The first-order chi connectivity index (χ1) is 23.9. The molecule has 3 aliphatic heterocycles. The molecule has 6 unspecified atom stereocenters. The van der Waals surface area contributed by atoms with E-state index in [0.29, 0.717) is 13.0 Å². The van der Waals surface area contributed by atoms with E-state index >= 15 is 0 Å². The quantitative estimate of drug-likeness (QED) is 0.238. The van der Waals surface area contributed by atoms with Gasteiger partial charge in [-0.1, -0.05) is 20.8 Å². The molecule has 5 N–H and O–H groups in total. The van der Waals surface area contributed by atoms with Crippen molar-refractivity contribution in [2.75, 3.05) is 34.8 Å². The maximum absolute atomic E-state index is 14.2. The third-order valence-corrected chi connectivity index (χ3v) is 12.2. The van der Waals surface area contributed by atoms with Gasteiger partial charge in [0.25, 0.3) is 0 Å². The summed E-state index contributed by atoms with van der Waals surface area (Å²) in [5, 5.41) is 58.1. The zero-order chi connectivity index (χ0) is 39.7. The van der Waals surface area contributed by atoms with Crippen LogP contribution in [0.15, 0.2) is 0 Å². The Labute approximate surface area is 312 Å². The largest absolute Gasteiger partial charge is 0.459 e. The van der Waals surface area contributed by atoms with Crippen LogP contribution in [-0.2, 0) is 33.2 Å². The minimum Gasteiger partial charge on any atom is -0.459 e. The fourth-order valence-electron chi connectivity index (χ4n) is 8.74. The van der Waals surface area contributed by atoms with E-state index in [1.807, 2.05) is 51.7 Å². The molecule has 3 aliphatic rings. The second kappa shape index (κ2) is 17.8. The van der Waals surface area contributed by atoms with Crippen molar-refractivity contribution < 1.29 is 58.7 Å². The fourth-order valence-corrected chi connectivity index (χ4v) is 8.74. The maximum Gasteiger partial charge on any atom is 0.311 e. The van der Waals surface area contributed by atoms with Gasteiger partial charge in [0.1, 0.15) is 30.0 Å². The SMILES string of the molecule is CC[C@H]1OC(=O)[C@H](C)C(OC2C[C@](C)(OC)C(O)C(C)O2)[C@H](C)[C@@H](OC2O[C@H](C)C[C@H](N(C)C)C2O)[C@](C)(O)C[C@@H](C)CN(C)[C@H](C)[C@@H](O)[C@]1(C)O. The number of ether oxygens (including phenoxy) is 6. The van der Waals surface area contributed by atoms with Crippen molar-refractivity contribution in [3.05, 3.63) is 0 Å². The minimum absolute atomic E-state index is 0.133. The molecule has 0 aliphatic carbocycles. The molecular weight excluding hydrogens is 676 g/mol. The third-order valence-electron chi connectivity index (χ3n) is 12.2.